The third-order valence-corrected chi connectivity index (χ3v) is 7.06. The molecule has 1 atom stereocenters. The molecule has 0 saturated heterocycles. The number of aliphatic hydroxyl groups is 1. The van der Waals surface area contributed by atoms with Crippen molar-refractivity contribution in [1.82, 2.24) is 4.98 Å². The standard InChI is InChI=1S/C30H30ClNO4S/c1-29(2,33)27-11-6-5-9-23(27)20-30(3,36-37(4,34)35)24-10-7-8-21(18-24)12-16-26-17-14-22-13-15-25(31)19-28(22)32-26/h5-19,33H,20H2,1-4H3. The highest BCUT2D eigenvalue weighted by Gasteiger charge is 2.34. The van der Waals surface area contributed by atoms with Gasteiger partial charge in [-0.25, -0.2) is 4.98 Å². The van der Waals surface area contributed by atoms with Crippen LogP contribution in [0.25, 0.3) is 23.1 Å². The van der Waals surface area contributed by atoms with Crippen LogP contribution in [0.3, 0.4) is 0 Å². The zero-order chi connectivity index (χ0) is 26.8. The number of nitrogens with zero attached hydrogens (tertiary/aromatic N) is 1. The third-order valence-electron chi connectivity index (χ3n) is 6.16. The highest BCUT2D eigenvalue weighted by molar-refractivity contribution is 7.86. The fourth-order valence-corrected chi connectivity index (χ4v) is 5.49. The Hall–Kier alpha value is -3.03. The van der Waals surface area contributed by atoms with E-state index in [-0.39, 0.29) is 6.42 Å². The van der Waals surface area contributed by atoms with E-state index in [1.54, 1.807) is 20.8 Å². The second kappa shape index (κ2) is 10.4. The van der Waals surface area contributed by atoms with Crippen LogP contribution in [-0.4, -0.2) is 24.8 Å². The largest absolute Gasteiger partial charge is 0.386 e. The van der Waals surface area contributed by atoms with Gasteiger partial charge in [0.15, 0.2) is 0 Å². The molecule has 0 fully saturated rings. The van der Waals surface area contributed by atoms with Crippen LogP contribution < -0.4 is 0 Å². The van der Waals surface area contributed by atoms with E-state index in [9.17, 15) is 13.5 Å². The van der Waals surface area contributed by atoms with Gasteiger partial charge in [0.2, 0.25) is 0 Å². The minimum absolute atomic E-state index is 0.250. The molecule has 7 heteroatoms. The van der Waals surface area contributed by atoms with Gasteiger partial charge in [-0.3, -0.25) is 4.18 Å². The molecule has 0 aliphatic heterocycles. The molecule has 0 aliphatic rings. The van der Waals surface area contributed by atoms with Crippen LogP contribution in [0.5, 0.6) is 0 Å². The molecule has 3 aromatic carbocycles. The molecule has 192 valence electrons. The molecule has 0 spiro atoms. The Balaban J connectivity index is 1.70. The lowest BCUT2D eigenvalue weighted by Crippen LogP contribution is -2.32. The minimum Gasteiger partial charge on any atom is -0.386 e. The van der Waals surface area contributed by atoms with Crippen molar-refractivity contribution in [2.24, 2.45) is 0 Å². The van der Waals surface area contributed by atoms with Crippen LogP contribution >= 0.6 is 11.6 Å². The molecule has 5 nitrogen and oxygen atoms in total. The Kier molecular flexibility index (Phi) is 7.58. The van der Waals surface area contributed by atoms with Gasteiger partial charge < -0.3 is 5.11 Å². The summed E-state index contributed by atoms with van der Waals surface area (Å²) in [5, 5.41) is 12.3. The Labute approximate surface area is 223 Å². The molecule has 0 aliphatic carbocycles. The van der Waals surface area contributed by atoms with Gasteiger partial charge in [0.25, 0.3) is 10.1 Å². The van der Waals surface area contributed by atoms with E-state index in [1.165, 1.54) is 0 Å². The van der Waals surface area contributed by atoms with Gasteiger partial charge in [0, 0.05) is 16.8 Å². The summed E-state index contributed by atoms with van der Waals surface area (Å²) in [6, 6.07) is 24.5. The number of halogens is 1. The van der Waals surface area contributed by atoms with E-state index in [0.29, 0.717) is 10.6 Å². The van der Waals surface area contributed by atoms with E-state index < -0.39 is 21.3 Å². The first kappa shape index (κ1) is 27.0. The zero-order valence-electron chi connectivity index (χ0n) is 21.3. The number of fused-ring (bicyclic) bond motifs is 1. The lowest BCUT2D eigenvalue weighted by atomic mass is 9.83. The second-order valence-electron chi connectivity index (χ2n) is 9.94. The monoisotopic (exact) mass is 535 g/mol. The van der Waals surface area contributed by atoms with Gasteiger partial charge in [-0.15, -0.1) is 0 Å². The highest BCUT2D eigenvalue weighted by atomic mass is 35.5. The van der Waals surface area contributed by atoms with Crippen molar-refractivity contribution in [3.05, 3.63) is 112 Å². The third kappa shape index (κ3) is 6.84. The smallest absolute Gasteiger partial charge is 0.265 e. The number of rotatable bonds is 8. The molecule has 0 amide bonds. The van der Waals surface area contributed by atoms with E-state index >= 15 is 0 Å². The van der Waals surface area contributed by atoms with Crippen LogP contribution in [0.4, 0.5) is 0 Å². The van der Waals surface area contributed by atoms with Crippen LogP contribution in [0.2, 0.25) is 5.02 Å². The van der Waals surface area contributed by atoms with Gasteiger partial charge >= 0.3 is 0 Å². The number of aromatic nitrogens is 1. The SMILES string of the molecule is CC(C)(O)c1ccccc1CC(C)(OS(C)(=O)=O)c1cccc(C=Cc2ccc3ccc(Cl)cc3n2)c1. The molecule has 4 rings (SSSR count). The summed E-state index contributed by atoms with van der Waals surface area (Å²) in [5.74, 6) is 0. The van der Waals surface area contributed by atoms with Gasteiger partial charge in [0.05, 0.1) is 23.1 Å². The summed E-state index contributed by atoms with van der Waals surface area (Å²) in [6.07, 6.45) is 5.13. The number of hydrogen-bond donors (Lipinski definition) is 1. The summed E-state index contributed by atoms with van der Waals surface area (Å²) < 4.78 is 30.3. The summed E-state index contributed by atoms with van der Waals surface area (Å²) in [7, 11) is -3.79. The Bertz CT molecular complexity index is 1570. The van der Waals surface area contributed by atoms with E-state index in [4.69, 9.17) is 15.8 Å². The van der Waals surface area contributed by atoms with Crippen molar-refractivity contribution in [1.29, 1.82) is 0 Å². The molecule has 37 heavy (non-hydrogen) atoms. The van der Waals surface area contributed by atoms with Crippen molar-refractivity contribution in [3.8, 4) is 0 Å². The van der Waals surface area contributed by atoms with Crippen molar-refractivity contribution >= 4 is 44.8 Å². The van der Waals surface area contributed by atoms with Crippen LogP contribution in [0.15, 0.2) is 78.9 Å². The lowest BCUT2D eigenvalue weighted by molar-refractivity contribution is 0.0723. The van der Waals surface area contributed by atoms with Crippen molar-refractivity contribution < 1.29 is 17.7 Å². The molecular weight excluding hydrogens is 506 g/mol. The Morgan fingerprint density at radius 3 is 2.41 bits per heavy atom. The van der Waals surface area contributed by atoms with Gasteiger partial charge in [-0.05, 0) is 73.4 Å². The molecule has 1 aromatic heterocycles. The van der Waals surface area contributed by atoms with Gasteiger partial charge in [0.1, 0.15) is 5.60 Å². The summed E-state index contributed by atoms with van der Waals surface area (Å²) in [5.41, 5.74) is 2.38. The van der Waals surface area contributed by atoms with Crippen LogP contribution in [0, 0.1) is 0 Å². The number of hydrogen-bond acceptors (Lipinski definition) is 5. The van der Waals surface area contributed by atoms with Gasteiger partial charge in [-0.1, -0.05) is 72.3 Å². The number of pyridine rings is 1. The molecule has 1 N–H and O–H groups in total. The van der Waals surface area contributed by atoms with E-state index in [0.717, 1.165) is 39.5 Å². The first-order valence-corrected chi connectivity index (χ1v) is 14.1. The molecule has 0 saturated carbocycles. The summed E-state index contributed by atoms with van der Waals surface area (Å²) in [4.78, 5) is 4.66. The molecular formula is C30H30ClNO4S. The summed E-state index contributed by atoms with van der Waals surface area (Å²) in [6.45, 7) is 5.17. The predicted molar refractivity (Wildman–Crippen MR) is 151 cm³/mol. The Morgan fingerprint density at radius 2 is 1.68 bits per heavy atom. The maximum absolute atomic E-state index is 12.3. The molecule has 1 heterocycles. The number of benzene rings is 3. The minimum atomic E-state index is -3.79. The fourth-order valence-electron chi connectivity index (χ4n) is 4.50. The molecule has 4 aromatic rings. The maximum atomic E-state index is 12.3. The molecule has 0 bridgehead atoms. The fraction of sp³-hybridized carbons (Fsp3) is 0.233. The van der Waals surface area contributed by atoms with E-state index in [2.05, 4.69) is 4.98 Å². The highest BCUT2D eigenvalue weighted by Crippen LogP contribution is 2.35. The molecule has 0 radical (unpaired) electrons. The first-order chi connectivity index (χ1) is 17.3. The topological polar surface area (TPSA) is 76.5 Å². The zero-order valence-corrected chi connectivity index (χ0v) is 22.8. The second-order valence-corrected chi connectivity index (χ2v) is 12.0. The Morgan fingerprint density at radius 1 is 0.946 bits per heavy atom. The van der Waals surface area contributed by atoms with E-state index in [1.807, 2.05) is 91.0 Å². The quantitative estimate of drug-likeness (QED) is 0.253. The average molecular weight is 536 g/mol. The summed E-state index contributed by atoms with van der Waals surface area (Å²) >= 11 is 6.12. The predicted octanol–water partition coefficient (Wildman–Crippen LogP) is 6.72. The maximum Gasteiger partial charge on any atom is 0.265 e. The first-order valence-electron chi connectivity index (χ1n) is 11.9. The van der Waals surface area contributed by atoms with Crippen molar-refractivity contribution in [2.45, 2.75) is 38.4 Å². The van der Waals surface area contributed by atoms with Gasteiger partial charge in [-0.2, -0.15) is 8.42 Å². The normalized spacial score (nSPS) is 14.2. The van der Waals surface area contributed by atoms with Crippen molar-refractivity contribution in [3.63, 3.8) is 0 Å². The average Bonchev–Trinajstić information content (AvgIpc) is 2.81. The molecule has 1 unspecified atom stereocenters. The lowest BCUT2D eigenvalue weighted by Gasteiger charge is -2.32. The van der Waals surface area contributed by atoms with Crippen LogP contribution in [0.1, 0.15) is 48.7 Å². The van der Waals surface area contributed by atoms with Crippen molar-refractivity contribution in [2.75, 3.05) is 6.26 Å². The van der Waals surface area contributed by atoms with Crippen LogP contribution in [-0.2, 0) is 31.9 Å².